The molecule has 0 saturated heterocycles. The first-order valence-electron chi connectivity index (χ1n) is 7.83. The molecule has 20 heavy (non-hydrogen) atoms. The van der Waals surface area contributed by atoms with E-state index in [0.717, 1.165) is 24.6 Å². The van der Waals surface area contributed by atoms with E-state index in [4.69, 9.17) is 10.5 Å². The minimum Gasteiger partial charge on any atom is -0.497 e. The monoisotopic (exact) mass is 276 g/mol. The normalized spacial score (nSPS) is 18.1. The number of nitrogens with two attached hydrogens (primary N) is 1. The molecule has 0 aromatic heterocycles. The van der Waals surface area contributed by atoms with Gasteiger partial charge < -0.3 is 10.5 Å². The lowest BCUT2D eigenvalue weighted by molar-refractivity contribution is 0.170. The first-order chi connectivity index (χ1) is 9.69. The van der Waals surface area contributed by atoms with Crippen LogP contribution in [0, 0.1) is 5.92 Å². The lowest BCUT2D eigenvalue weighted by atomic mass is 9.96. The van der Waals surface area contributed by atoms with Gasteiger partial charge >= 0.3 is 0 Å². The highest BCUT2D eigenvalue weighted by Gasteiger charge is 2.30. The molecule has 0 heterocycles. The highest BCUT2D eigenvalue weighted by molar-refractivity contribution is 5.30. The van der Waals surface area contributed by atoms with Crippen LogP contribution in [0.3, 0.4) is 0 Å². The lowest BCUT2D eigenvalue weighted by Gasteiger charge is -2.35. The molecule has 112 valence electrons. The molecule has 3 nitrogen and oxygen atoms in total. The van der Waals surface area contributed by atoms with Crippen LogP contribution in [0.5, 0.6) is 5.75 Å². The number of hydrogen-bond donors (Lipinski definition) is 1. The Hall–Kier alpha value is -1.06. The second kappa shape index (κ2) is 7.09. The second-order valence-electron chi connectivity index (χ2n) is 5.82. The van der Waals surface area contributed by atoms with Crippen LogP contribution in [0.15, 0.2) is 24.3 Å². The molecular formula is C17H28N2O. The molecule has 1 saturated carbocycles. The van der Waals surface area contributed by atoms with Crippen molar-refractivity contribution in [2.45, 2.75) is 45.2 Å². The molecule has 2 unspecified atom stereocenters. The maximum absolute atomic E-state index is 6.42. The molecule has 2 N–H and O–H groups in total. The summed E-state index contributed by atoms with van der Waals surface area (Å²) >= 11 is 0. The van der Waals surface area contributed by atoms with Crippen LogP contribution >= 0.6 is 0 Å². The zero-order valence-corrected chi connectivity index (χ0v) is 13.0. The van der Waals surface area contributed by atoms with Crippen LogP contribution in [0.2, 0.25) is 0 Å². The topological polar surface area (TPSA) is 38.5 Å². The Kier molecular flexibility index (Phi) is 5.44. The number of ether oxygens (including phenoxy) is 1. The fourth-order valence-corrected chi connectivity index (χ4v) is 2.82. The van der Waals surface area contributed by atoms with E-state index in [0.29, 0.717) is 6.04 Å². The van der Waals surface area contributed by atoms with Crippen molar-refractivity contribution >= 4 is 0 Å². The molecular weight excluding hydrogens is 248 g/mol. The fraction of sp³-hybridized carbons (Fsp3) is 0.647. The van der Waals surface area contributed by atoms with E-state index in [-0.39, 0.29) is 6.04 Å². The van der Waals surface area contributed by atoms with Gasteiger partial charge in [0.15, 0.2) is 0 Å². The summed E-state index contributed by atoms with van der Waals surface area (Å²) in [5, 5.41) is 0. The number of rotatable bonds is 8. The van der Waals surface area contributed by atoms with Gasteiger partial charge in [0.25, 0.3) is 0 Å². The van der Waals surface area contributed by atoms with Crippen molar-refractivity contribution in [1.82, 2.24) is 4.90 Å². The Bertz CT molecular complexity index is 400. The van der Waals surface area contributed by atoms with E-state index in [2.05, 4.69) is 30.9 Å². The Balaban J connectivity index is 2.19. The molecule has 1 aromatic carbocycles. The van der Waals surface area contributed by atoms with E-state index < -0.39 is 0 Å². The van der Waals surface area contributed by atoms with Crippen molar-refractivity contribution in [2.75, 3.05) is 20.2 Å². The molecule has 1 aliphatic rings. The predicted octanol–water partition coefficient (Wildman–Crippen LogP) is 3.21. The van der Waals surface area contributed by atoms with Crippen molar-refractivity contribution in [3.05, 3.63) is 29.8 Å². The van der Waals surface area contributed by atoms with Crippen LogP contribution in [-0.4, -0.2) is 31.1 Å². The van der Waals surface area contributed by atoms with E-state index in [1.807, 2.05) is 12.1 Å². The summed E-state index contributed by atoms with van der Waals surface area (Å²) in [6.07, 6.45) is 3.76. The van der Waals surface area contributed by atoms with Crippen LogP contribution in [-0.2, 0) is 0 Å². The first-order valence-corrected chi connectivity index (χ1v) is 7.83. The van der Waals surface area contributed by atoms with Crippen molar-refractivity contribution in [3.8, 4) is 5.75 Å². The molecule has 1 fully saturated rings. The van der Waals surface area contributed by atoms with Crippen LogP contribution < -0.4 is 10.5 Å². The summed E-state index contributed by atoms with van der Waals surface area (Å²) in [5.74, 6) is 1.79. The van der Waals surface area contributed by atoms with Gasteiger partial charge in [-0.3, -0.25) is 4.90 Å². The summed E-state index contributed by atoms with van der Waals surface area (Å²) in [4.78, 5) is 2.55. The van der Waals surface area contributed by atoms with Gasteiger partial charge in [-0.2, -0.15) is 0 Å². The number of methoxy groups -OCH3 is 1. The quantitative estimate of drug-likeness (QED) is 0.792. The minimum absolute atomic E-state index is 0.182. The predicted molar refractivity (Wildman–Crippen MR) is 84.0 cm³/mol. The third-order valence-electron chi connectivity index (χ3n) is 4.32. The molecule has 2 rings (SSSR count). The van der Waals surface area contributed by atoms with E-state index in [1.54, 1.807) is 7.11 Å². The van der Waals surface area contributed by atoms with Gasteiger partial charge in [-0.15, -0.1) is 0 Å². The Labute approximate surface area is 123 Å². The molecule has 3 heteroatoms. The molecule has 1 aromatic rings. The highest BCUT2D eigenvalue weighted by Crippen LogP contribution is 2.34. The van der Waals surface area contributed by atoms with Crippen molar-refractivity contribution in [1.29, 1.82) is 0 Å². The van der Waals surface area contributed by atoms with Crippen molar-refractivity contribution < 1.29 is 4.74 Å². The maximum atomic E-state index is 6.42. The van der Waals surface area contributed by atoms with E-state index in [1.165, 1.54) is 24.9 Å². The number of hydrogen-bond acceptors (Lipinski definition) is 3. The second-order valence-corrected chi connectivity index (χ2v) is 5.82. The van der Waals surface area contributed by atoms with Gasteiger partial charge in [0, 0.05) is 18.6 Å². The first kappa shape index (κ1) is 15.3. The Morgan fingerprint density at radius 1 is 1.25 bits per heavy atom. The summed E-state index contributed by atoms with van der Waals surface area (Å²) in [6.45, 7) is 6.65. The summed E-state index contributed by atoms with van der Waals surface area (Å²) < 4.78 is 5.25. The number of likely N-dealkylation sites (N-methyl/N-ethyl adjacent to an activating group) is 1. The number of benzene rings is 1. The largest absolute Gasteiger partial charge is 0.497 e. The maximum Gasteiger partial charge on any atom is 0.118 e. The van der Waals surface area contributed by atoms with Gasteiger partial charge in [0.2, 0.25) is 0 Å². The molecule has 0 spiro atoms. The van der Waals surface area contributed by atoms with Gasteiger partial charge in [-0.25, -0.2) is 0 Å². The van der Waals surface area contributed by atoms with Crippen molar-refractivity contribution in [2.24, 2.45) is 11.7 Å². The molecule has 0 aliphatic heterocycles. The standard InChI is InChI=1S/C17H28N2O/c1-4-16(18)17(19(5-2)12-13-6-7-13)14-8-10-15(20-3)11-9-14/h8-11,13,16-17H,4-7,12,18H2,1-3H3. The average molecular weight is 276 g/mol. The molecule has 0 bridgehead atoms. The third kappa shape index (κ3) is 3.74. The minimum atomic E-state index is 0.182. The number of nitrogens with zero attached hydrogens (tertiary/aromatic N) is 1. The molecule has 0 amide bonds. The SMILES string of the molecule is CCC(N)C(c1ccc(OC)cc1)N(CC)CC1CC1. The van der Waals surface area contributed by atoms with Crippen LogP contribution in [0.1, 0.15) is 44.7 Å². The molecule has 1 aliphatic carbocycles. The summed E-state index contributed by atoms with van der Waals surface area (Å²) in [7, 11) is 1.70. The zero-order chi connectivity index (χ0) is 14.5. The molecule has 2 atom stereocenters. The molecule has 0 radical (unpaired) electrons. The van der Waals surface area contributed by atoms with E-state index in [9.17, 15) is 0 Å². The third-order valence-corrected chi connectivity index (χ3v) is 4.32. The average Bonchev–Trinajstić information content (AvgIpc) is 3.30. The van der Waals surface area contributed by atoms with Crippen LogP contribution in [0.4, 0.5) is 0 Å². The van der Waals surface area contributed by atoms with Gasteiger partial charge in [0.05, 0.1) is 7.11 Å². The van der Waals surface area contributed by atoms with E-state index >= 15 is 0 Å². The lowest BCUT2D eigenvalue weighted by Crippen LogP contribution is -2.41. The summed E-state index contributed by atoms with van der Waals surface area (Å²) in [6, 6.07) is 8.90. The Morgan fingerprint density at radius 3 is 2.35 bits per heavy atom. The van der Waals surface area contributed by atoms with Gasteiger partial charge in [-0.1, -0.05) is 26.0 Å². The van der Waals surface area contributed by atoms with Crippen LogP contribution in [0.25, 0.3) is 0 Å². The van der Waals surface area contributed by atoms with Gasteiger partial charge in [-0.05, 0) is 49.4 Å². The Morgan fingerprint density at radius 2 is 1.90 bits per heavy atom. The smallest absolute Gasteiger partial charge is 0.118 e. The van der Waals surface area contributed by atoms with Gasteiger partial charge in [0.1, 0.15) is 5.75 Å². The summed E-state index contributed by atoms with van der Waals surface area (Å²) in [5.41, 5.74) is 7.73. The van der Waals surface area contributed by atoms with Crippen molar-refractivity contribution in [3.63, 3.8) is 0 Å². The zero-order valence-electron chi connectivity index (χ0n) is 13.0. The fourth-order valence-electron chi connectivity index (χ4n) is 2.82. The highest BCUT2D eigenvalue weighted by atomic mass is 16.5.